The number of rotatable bonds is 1. The van der Waals surface area contributed by atoms with Gasteiger partial charge in [-0.3, -0.25) is 0 Å². The fraction of sp³-hybridized carbons (Fsp3) is 0. The first-order chi connectivity index (χ1) is 9.83. The molecule has 0 saturated heterocycles. The first kappa shape index (κ1) is 11.4. The predicted molar refractivity (Wildman–Crippen MR) is 83.7 cm³/mol. The third-order valence-corrected chi connectivity index (χ3v) is 4.61. The summed E-state index contributed by atoms with van der Waals surface area (Å²) in [6, 6.07) is 21.8. The number of thiophene rings is 1. The molecule has 0 unspecified atom stereocenters. The lowest BCUT2D eigenvalue weighted by Crippen LogP contribution is -2.29. The molecule has 0 bridgehead atoms. The van der Waals surface area contributed by atoms with Crippen molar-refractivity contribution in [3.63, 3.8) is 0 Å². The third kappa shape index (κ3) is 1.67. The molecule has 2 aromatic heterocycles. The van der Waals surface area contributed by atoms with Gasteiger partial charge in [0.1, 0.15) is 4.88 Å². The summed E-state index contributed by atoms with van der Waals surface area (Å²) in [7, 11) is 0. The lowest BCUT2D eigenvalue weighted by atomic mass is 10.2. The van der Waals surface area contributed by atoms with Crippen LogP contribution in [-0.4, -0.2) is 0 Å². The van der Waals surface area contributed by atoms with Crippen LogP contribution in [0.15, 0.2) is 66.7 Å². The largest absolute Gasteiger partial charge is 0.618 e. The Labute approximate surface area is 120 Å². The van der Waals surface area contributed by atoms with Crippen LogP contribution in [0.4, 0.5) is 0 Å². The summed E-state index contributed by atoms with van der Waals surface area (Å²) in [5.41, 5.74) is 1.42. The lowest BCUT2D eigenvalue weighted by molar-refractivity contribution is -0.564. The first-order valence-corrected chi connectivity index (χ1v) is 7.25. The summed E-state index contributed by atoms with van der Waals surface area (Å²) in [5.74, 6) is 0. The Kier molecular flexibility index (Phi) is 2.47. The molecule has 0 spiro atoms. The second-order valence-corrected chi connectivity index (χ2v) is 5.80. The molecule has 0 radical (unpaired) electrons. The van der Waals surface area contributed by atoms with E-state index in [0.717, 1.165) is 15.0 Å². The fourth-order valence-corrected chi connectivity index (χ4v) is 3.54. The van der Waals surface area contributed by atoms with E-state index in [-0.39, 0.29) is 0 Å². The van der Waals surface area contributed by atoms with Gasteiger partial charge in [0.25, 0.3) is 0 Å². The normalized spacial score (nSPS) is 11.2. The monoisotopic (exact) mass is 277 g/mol. The van der Waals surface area contributed by atoms with Gasteiger partial charge in [-0.25, -0.2) is 0 Å². The molecule has 0 saturated carbocycles. The average Bonchev–Trinajstić information content (AvgIpc) is 2.91. The zero-order valence-corrected chi connectivity index (χ0v) is 11.4. The van der Waals surface area contributed by atoms with Crippen molar-refractivity contribution in [1.82, 2.24) is 0 Å². The molecule has 0 fully saturated rings. The Morgan fingerprint density at radius 2 is 1.55 bits per heavy atom. The molecule has 96 valence electrons. The van der Waals surface area contributed by atoms with Crippen molar-refractivity contribution in [2.45, 2.75) is 0 Å². The number of fused-ring (bicyclic) bond motifs is 2. The van der Waals surface area contributed by atoms with E-state index >= 15 is 0 Å². The van der Waals surface area contributed by atoms with Gasteiger partial charge in [0.15, 0.2) is 0 Å². The number of hydrogen-bond donors (Lipinski definition) is 0. The highest BCUT2D eigenvalue weighted by atomic mass is 32.1. The Morgan fingerprint density at radius 3 is 2.40 bits per heavy atom. The second-order valence-electron chi connectivity index (χ2n) is 4.72. The minimum atomic E-state index is 0.711. The number of pyridine rings is 1. The van der Waals surface area contributed by atoms with Gasteiger partial charge >= 0.3 is 0 Å². The van der Waals surface area contributed by atoms with Crippen molar-refractivity contribution in [1.29, 1.82) is 0 Å². The molecule has 0 aliphatic rings. The molecular formula is C17H11NOS. The maximum absolute atomic E-state index is 12.5. The van der Waals surface area contributed by atoms with Crippen LogP contribution < -0.4 is 4.73 Å². The molecule has 0 N–H and O–H groups in total. The van der Waals surface area contributed by atoms with Crippen LogP contribution in [-0.2, 0) is 0 Å². The summed E-state index contributed by atoms with van der Waals surface area (Å²) in [6.45, 7) is 0. The van der Waals surface area contributed by atoms with Crippen LogP contribution in [0.3, 0.4) is 0 Å². The lowest BCUT2D eigenvalue weighted by Gasteiger charge is -2.05. The Morgan fingerprint density at radius 1 is 0.800 bits per heavy atom. The summed E-state index contributed by atoms with van der Waals surface area (Å²) >= 11 is 1.65. The SMILES string of the molecule is [O-][n+]1c(-c2cc3ccccc3s2)ccc2ccccc21. The van der Waals surface area contributed by atoms with Crippen LogP contribution >= 0.6 is 11.3 Å². The number of benzene rings is 2. The minimum Gasteiger partial charge on any atom is -0.618 e. The number of nitrogens with zero attached hydrogens (tertiary/aromatic N) is 1. The standard InChI is InChI=1S/C17H11NOS/c19-18-14-7-3-1-5-12(14)9-10-15(18)17-11-13-6-2-4-8-16(13)20-17/h1-11H. The van der Waals surface area contributed by atoms with E-state index in [0.29, 0.717) is 11.2 Å². The number of para-hydroxylation sites is 1. The van der Waals surface area contributed by atoms with E-state index in [1.54, 1.807) is 11.3 Å². The molecule has 20 heavy (non-hydrogen) atoms. The van der Waals surface area contributed by atoms with Crippen LogP contribution in [0, 0.1) is 5.21 Å². The van der Waals surface area contributed by atoms with Crippen LogP contribution in [0.1, 0.15) is 0 Å². The predicted octanol–water partition coefficient (Wildman–Crippen LogP) is 4.35. The smallest absolute Gasteiger partial charge is 0.234 e. The topological polar surface area (TPSA) is 26.9 Å². The molecule has 0 aliphatic carbocycles. The van der Waals surface area contributed by atoms with Crippen LogP contribution in [0.2, 0.25) is 0 Å². The van der Waals surface area contributed by atoms with E-state index in [1.807, 2.05) is 48.5 Å². The van der Waals surface area contributed by atoms with E-state index < -0.39 is 0 Å². The third-order valence-electron chi connectivity index (χ3n) is 3.47. The molecule has 4 rings (SSSR count). The fourth-order valence-electron chi connectivity index (χ4n) is 2.47. The van der Waals surface area contributed by atoms with Gasteiger partial charge in [0.2, 0.25) is 11.2 Å². The molecule has 0 atom stereocenters. The maximum atomic E-state index is 12.5. The van der Waals surface area contributed by atoms with Gasteiger partial charge in [-0.15, -0.1) is 11.3 Å². The Bertz CT molecular complexity index is 893. The van der Waals surface area contributed by atoms with Gasteiger partial charge in [0, 0.05) is 22.2 Å². The van der Waals surface area contributed by atoms with Crippen LogP contribution in [0.25, 0.3) is 31.6 Å². The number of hydrogen-bond acceptors (Lipinski definition) is 2. The molecule has 0 aliphatic heterocycles. The van der Waals surface area contributed by atoms with Crippen molar-refractivity contribution in [2.24, 2.45) is 0 Å². The average molecular weight is 277 g/mol. The van der Waals surface area contributed by atoms with Gasteiger partial charge in [-0.1, -0.05) is 30.3 Å². The van der Waals surface area contributed by atoms with E-state index in [1.165, 1.54) is 10.1 Å². The quantitative estimate of drug-likeness (QED) is 0.375. The van der Waals surface area contributed by atoms with E-state index in [2.05, 4.69) is 18.2 Å². The van der Waals surface area contributed by atoms with Gasteiger partial charge in [-0.2, -0.15) is 4.73 Å². The van der Waals surface area contributed by atoms with E-state index in [9.17, 15) is 5.21 Å². The zero-order chi connectivity index (χ0) is 13.5. The summed E-state index contributed by atoms with van der Waals surface area (Å²) in [5, 5.41) is 14.7. The molecule has 2 nitrogen and oxygen atoms in total. The first-order valence-electron chi connectivity index (χ1n) is 6.43. The van der Waals surface area contributed by atoms with Crippen LogP contribution in [0.5, 0.6) is 0 Å². The summed E-state index contributed by atoms with van der Waals surface area (Å²) in [4.78, 5) is 1.01. The zero-order valence-electron chi connectivity index (χ0n) is 10.6. The molecule has 4 aromatic rings. The number of aromatic nitrogens is 1. The minimum absolute atomic E-state index is 0.711. The van der Waals surface area contributed by atoms with Crippen molar-refractivity contribution < 1.29 is 4.73 Å². The Hall–Kier alpha value is -2.39. The maximum Gasteiger partial charge on any atom is 0.234 e. The highest BCUT2D eigenvalue weighted by Gasteiger charge is 2.14. The van der Waals surface area contributed by atoms with Gasteiger partial charge in [0.05, 0.1) is 0 Å². The molecule has 2 heterocycles. The van der Waals surface area contributed by atoms with Gasteiger partial charge in [-0.05, 0) is 29.7 Å². The van der Waals surface area contributed by atoms with Crippen molar-refractivity contribution in [2.75, 3.05) is 0 Å². The molecular weight excluding hydrogens is 266 g/mol. The molecule has 0 amide bonds. The summed E-state index contributed by atoms with van der Waals surface area (Å²) < 4.78 is 2.23. The van der Waals surface area contributed by atoms with Crippen molar-refractivity contribution >= 4 is 32.3 Å². The van der Waals surface area contributed by atoms with Crippen molar-refractivity contribution in [3.05, 3.63) is 71.9 Å². The van der Waals surface area contributed by atoms with Gasteiger partial charge < -0.3 is 5.21 Å². The summed E-state index contributed by atoms with van der Waals surface area (Å²) in [6.07, 6.45) is 0. The highest BCUT2D eigenvalue weighted by Crippen LogP contribution is 2.32. The second kappa shape index (κ2) is 4.32. The van der Waals surface area contributed by atoms with E-state index in [4.69, 9.17) is 0 Å². The highest BCUT2D eigenvalue weighted by molar-refractivity contribution is 7.22. The molecule has 3 heteroatoms. The Balaban J connectivity index is 1.99. The molecule has 2 aromatic carbocycles. The van der Waals surface area contributed by atoms with Crippen molar-refractivity contribution in [3.8, 4) is 10.6 Å².